The van der Waals surface area contributed by atoms with Crippen LogP contribution in [0.5, 0.6) is 0 Å². The minimum atomic E-state index is -3.65. The molecule has 0 unspecified atom stereocenters. The molecule has 0 aliphatic carbocycles. The Morgan fingerprint density at radius 2 is 1.85 bits per heavy atom. The van der Waals surface area contributed by atoms with Gasteiger partial charge in [0.2, 0.25) is 10.0 Å². The zero-order valence-corrected chi connectivity index (χ0v) is 14.6. The SMILES string of the molecule is CNCCN(C)S(=O)(=O)c1ccc(S(C)(=O)=O)cc1Br. The van der Waals surface area contributed by atoms with Crippen LogP contribution in [0.2, 0.25) is 0 Å². The molecule has 9 heteroatoms. The van der Waals surface area contributed by atoms with Crippen LogP contribution in [0.15, 0.2) is 32.5 Å². The summed E-state index contributed by atoms with van der Waals surface area (Å²) in [6.45, 7) is 0.841. The lowest BCUT2D eigenvalue weighted by atomic mass is 10.4. The predicted octanol–water partition coefficient (Wildman–Crippen LogP) is 0.693. The minimum absolute atomic E-state index is 0.0449. The van der Waals surface area contributed by atoms with E-state index < -0.39 is 19.9 Å². The number of likely N-dealkylation sites (N-methyl/N-ethyl adjacent to an activating group) is 2. The number of nitrogens with one attached hydrogen (secondary N) is 1. The van der Waals surface area contributed by atoms with Crippen LogP contribution in [0.4, 0.5) is 0 Å². The molecule has 1 aromatic carbocycles. The molecule has 20 heavy (non-hydrogen) atoms. The predicted molar refractivity (Wildman–Crippen MR) is 81.0 cm³/mol. The molecule has 1 rings (SSSR count). The first-order valence-electron chi connectivity index (χ1n) is 5.71. The summed E-state index contributed by atoms with van der Waals surface area (Å²) in [5.41, 5.74) is 0. The summed E-state index contributed by atoms with van der Waals surface area (Å²) in [5.74, 6) is 0. The average molecular weight is 385 g/mol. The van der Waals surface area contributed by atoms with E-state index in [0.717, 1.165) is 6.26 Å². The molecule has 0 atom stereocenters. The van der Waals surface area contributed by atoms with Crippen molar-refractivity contribution in [2.75, 3.05) is 33.4 Å². The fraction of sp³-hybridized carbons (Fsp3) is 0.455. The van der Waals surface area contributed by atoms with Crippen molar-refractivity contribution in [2.45, 2.75) is 9.79 Å². The third kappa shape index (κ3) is 4.01. The molecule has 0 fully saturated rings. The quantitative estimate of drug-likeness (QED) is 0.779. The summed E-state index contributed by atoms with van der Waals surface area (Å²) in [6, 6.07) is 3.89. The van der Waals surface area contributed by atoms with Gasteiger partial charge in [-0.15, -0.1) is 0 Å². The van der Waals surface area contributed by atoms with Crippen molar-refractivity contribution >= 4 is 35.8 Å². The lowest BCUT2D eigenvalue weighted by molar-refractivity contribution is 0.465. The second-order valence-corrected chi connectivity index (χ2v) is 9.18. The first kappa shape index (κ1) is 17.6. The van der Waals surface area contributed by atoms with Crippen molar-refractivity contribution in [3.8, 4) is 0 Å². The number of halogens is 1. The summed E-state index contributed by atoms with van der Waals surface area (Å²) in [7, 11) is -3.81. The van der Waals surface area contributed by atoms with Crippen molar-refractivity contribution in [3.63, 3.8) is 0 Å². The molecule has 0 aliphatic rings. The lowest BCUT2D eigenvalue weighted by Gasteiger charge is -2.18. The van der Waals surface area contributed by atoms with Crippen molar-refractivity contribution < 1.29 is 16.8 Å². The van der Waals surface area contributed by atoms with Crippen LogP contribution in [-0.2, 0) is 19.9 Å². The Hall–Kier alpha value is -0.480. The molecule has 0 aromatic heterocycles. The second-order valence-electron chi connectivity index (χ2n) is 4.29. The second kappa shape index (κ2) is 6.52. The molecule has 0 bridgehead atoms. The molecule has 6 nitrogen and oxygen atoms in total. The van der Waals surface area contributed by atoms with Crippen molar-refractivity contribution in [2.24, 2.45) is 0 Å². The maximum atomic E-state index is 12.3. The maximum absolute atomic E-state index is 12.3. The van der Waals surface area contributed by atoms with Gasteiger partial charge in [-0.3, -0.25) is 0 Å². The largest absolute Gasteiger partial charge is 0.318 e. The van der Waals surface area contributed by atoms with Gasteiger partial charge in [0.05, 0.1) is 9.79 Å². The molecule has 0 aliphatic heterocycles. The van der Waals surface area contributed by atoms with Crippen LogP contribution in [0.25, 0.3) is 0 Å². The van der Waals surface area contributed by atoms with Crippen LogP contribution in [0, 0.1) is 0 Å². The van der Waals surface area contributed by atoms with Gasteiger partial charge in [-0.25, -0.2) is 16.8 Å². The monoisotopic (exact) mass is 384 g/mol. The number of sulfonamides is 1. The average Bonchev–Trinajstić information content (AvgIpc) is 2.34. The molecule has 0 heterocycles. The Morgan fingerprint density at radius 1 is 1.25 bits per heavy atom. The van der Waals surface area contributed by atoms with Gasteiger partial charge in [-0.2, -0.15) is 4.31 Å². The first-order chi connectivity index (χ1) is 9.10. The maximum Gasteiger partial charge on any atom is 0.243 e. The third-order valence-electron chi connectivity index (χ3n) is 2.70. The van der Waals surface area contributed by atoms with E-state index in [2.05, 4.69) is 21.2 Å². The topological polar surface area (TPSA) is 83.6 Å². The Morgan fingerprint density at radius 3 is 2.30 bits per heavy atom. The summed E-state index contributed by atoms with van der Waals surface area (Å²) >= 11 is 3.13. The number of rotatable bonds is 6. The molecule has 1 aromatic rings. The fourth-order valence-electron chi connectivity index (χ4n) is 1.48. The normalized spacial score (nSPS) is 12.8. The highest BCUT2D eigenvalue weighted by Gasteiger charge is 2.24. The van der Waals surface area contributed by atoms with E-state index in [-0.39, 0.29) is 14.3 Å². The van der Waals surface area contributed by atoms with E-state index >= 15 is 0 Å². The number of hydrogen-bond donors (Lipinski definition) is 1. The van der Waals surface area contributed by atoms with Crippen LogP contribution in [-0.4, -0.2) is 54.6 Å². The summed E-state index contributed by atoms with van der Waals surface area (Å²) in [5, 5.41) is 2.87. The van der Waals surface area contributed by atoms with Gasteiger partial charge in [-0.1, -0.05) is 0 Å². The Labute approximate surface area is 128 Å². The number of hydrogen-bond acceptors (Lipinski definition) is 5. The third-order valence-corrected chi connectivity index (χ3v) is 6.64. The number of nitrogens with zero attached hydrogens (tertiary/aromatic N) is 1. The van der Waals surface area contributed by atoms with E-state index in [0.29, 0.717) is 13.1 Å². The van der Waals surface area contributed by atoms with Crippen molar-refractivity contribution in [1.82, 2.24) is 9.62 Å². The molecule has 0 saturated carbocycles. The molecule has 114 valence electrons. The van der Waals surface area contributed by atoms with Gasteiger partial charge in [0.25, 0.3) is 0 Å². The highest BCUT2D eigenvalue weighted by atomic mass is 79.9. The van der Waals surface area contributed by atoms with E-state index in [4.69, 9.17) is 0 Å². The molecule has 0 amide bonds. The highest BCUT2D eigenvalue weighted by molar-refractivity contribution is 9.10. The highest BCUT2D eigenvalue weighted by Crippen LogP contribution is 2.27. The standard InChI is InChI=1S/C11H17BrN2O4S2/c1-13-6-7-14(2)20(17,18)11-5-4-9(8-10(11)12)19(3,15)16/h4-5,8,13H,6-7H2,1-3H3. The molecular formula is C11H17BrN2O4S2. The molecule has 0 radical (unpaired) electrons. The van der Waals surface area contributed by atoms with E-state index in [1.807, 2.05) is 0 Å². The van der Waals surface area contributed by atoms with Crippen LogP contribution >= 0.6 is 15.9 Å². The Bertz CT molecular complexity index is 686. The summed E-state index contributed by atoms with van der Waals surface area (Å²) < 4.78 is 49.0. The molecular weight excluding hydrogens is 368 g/mol. The summed E-state index contributed by atoms with van der Waals surface area (Å²) in [4.78, 5) is 0.115. The molecule has 0 spiro atoms. The lowest BCUT2D eigenvalue weighted by Crippen LogP contribution is -2.33. The van der Waals surface area contributed by atoms with E-state index in [1.54, 1.807) is 7.05 Å². The van der Waals surface area contributed by atoms with Gasteiger partial charge in [0.1, 0.15) is 0 Å². The Balaban J connectivity index is 3.21. The van der Waals surface area contributed by atoms with Gasteiger partial charge < -0.3 is 5.32 Å². The molecule has 1 N–H and O–H groups in total. The molecule has 0 saturated heterocycles. The van der Waals surface area contributed by atoms with Crippen LogP contribution in [0.3, 0.4) is 0 Å². The smallest absolute Gasteiger partial charge is 0.243 e. The van der Waals surface area contributed by atoms with E-state index in [9.17, 15) is 16.8 Å². The number of sulfone groups is 1. The van der Waals surface area contributed by atoms with Crippen LogP contribution < -0.4 is 5.32 Å². The van der Waals surface area contributed by atoms with Gasteiger partial charge in [0, 0.05) is 30.9 Å². The van der Waals surface area contributed by atoms with Crippen molar-refractivity contribution in [1.29, 1.82) is 0 Å². The Kier molecular flexibility index (Phi) is 5.73. The fourth-order valence-corrected chi connectivity index (χ4v) is 4.48. The zero-order valence-electron chi connectivity index (χ0n) is 11.4. The van der Waals surface area contributed by atoms with Gasteiger partial charge >= 0.3 is 0 Å². The number of benzene rings is 1. The zero-order chi connectivity index (χ0) is 15.6. The van der Waals surface area contributed by atoms with Crippen LogP contribution in [0.1, 0.15) is 0 Å². The summed E-state index contributed by atoms with van der Waals surface area (Å²) in [6.07, 6.45) is 1.07. The van der Waals surface area contributed by atoms with Gasteiger partial charge in [-0.05, 0) is 41.2 Å². The minimum Gasteiger partial charge on any atom is -0.318 e. The first-order valence-corrected chi connectivity index (χ1v) is 9.83. The van der Waals surface area contributed by atoms with Crippen molar-refractivity contribution in [3.05, 3.63) is 22.7 Å². The van der Waals surface area contributed by atoms with Gasteiger partial charge in [0.15, 0.2) is 9.84 Å². The van der Waals surface area contributed by atoms with E-state index in [1.165, 1.54) is 29.6 Å².